The van der Waals surface area contributed by atoms with E-state index in [1.807, 2.05) is 6.92 Å². The molecule has 1 aromatic rings. The number of carbonyl (C=O) groups excluding carboxylic acids is 1. The molecular weight excluding hydrogens is 250 g/mol. The number of nitrogens with one attached hydrogen (secondary N) is 2. The van der Waals surface area contributed by atoms with Crippen molar-refractivity contribution in [2.75, 3.05) is 6.54 Å². The van der Waals surface area contributed by atoms with Crippen molar-refractivity contribution in [3.8, 4) is 0 Å². The van der Waals surface area contributed by atoms with Crippen LogP contribution in [-0.2, 0) is 6.54 Å². The van der Waals surface area contributed by atoms with Gasteiger partial charge in [0.25, 0.3) is 5.56 Å². The van der Waals surface area contributed by atoms with Crippen molar-refractivity contribution in [3.63, 3.8) is 0 Å². The first-order valence-electron chi connectivity index (χ1n) is 5.93. The van der Waals surface area contributed by atoms with Gasteiger partial charge in [0.15, 0.2) is 0 Å². The molecule has 0 aromatic carbocycles. The molecule has 0 spiro atoms. The highest BCUT2D eigenvalue weighted by molar-refractivity contribution is 5.94. The molecule has 2 rings (SSSR count). The van der Waals surface area contributed by atoms with Gasteiger partial charge in [0.05, 0.1) is 0 Å². The van der Waals surface area contributed by atoms with Gasteiger partial charge in [-0.25, -0.2) is 9.59 Å². The molecule has 0 saturated heterocycles. The number of hydrogen-bond acceptors (Lipinski definition) is 4. The fraction of sp³-hybridized carbons (Fsp3) is 0.455. The number of nitrogens with two attached hydrogens (primary N) is 1. The Labute approximate surface area is 109 Å². The zero-order valence-electron chi connectivity index (χ0n) is 10.7. The van der Waals surface area contributed by atoms with Gasteiger partial charge in [0.1, 0.15) is 5.84 Å². The van der Waals surface area contributed by atoms with E-state index in [-0.39, 0.29) is 17.3 Å². The number of urea groups is 1. The molecule has 0 fully saturated rings. The summed E-state index contributed by atoms with van der Waals surface area (Å²) in [6.07, 6.45) is 3.06. The van der Waals surface area contributed by atoms with Crippen LogP contribution in [0.25, 0.3) is 0 Å². The van der Waals surface area contributed by atoms with Crippen molar-refractivity contribution in [3.05, 3.63) is 33.1 Å². The number of aromatic amines is 1. The van der Waals surface area contributed by atoms with Gasteiger partial charge in [0, 0.05) is 31.8 Å². The molecule has 104 valence electrons. The lowest BCUT2D eigenvalue weighted by atomic mass is 10.4. The maximum Gasteiger partial charge on any atom is 0.342 e. The Morgan fingerprint density at radius 2 is 2.16 bits per heavy atom. The molecule has 0 bridgehead atoms. The summed E-state index contributed by atoms with van der Waals surface area (Å²) in [5.74, 6) is 0.425. The number of rotatable bonds is 2. The number of amides is 2. The summed E-state index contributed by atoms with van der Waals surface area (Å²) >= 11 is 0. The Bertz CT molecular complexity index is 572. The monoisotopic (exact) mass is 267 g/mol. The third kappa shape index (κ3) is 5.19. The average Bonchev–Trinajstić information content (AvgIpc) is 2.33. The smallest absolute Gasteiger partial charge is 0.342 e. The Kier molecular flexibility index (Phi) is 5.52. The largest absolute Gasteiger partial charge is 0.387 e. The van der Waals surface area contributed by atoms with E-state index in [2.05, 4.69) is 15.3 Å². The fourth-order valence-electron chi connectivity index (χ4n) is 1.38. The first-order valence-corrected chi connectivity index (χ1v) is 5.93. The van der Waals surface area contributed by atoms with Gasteiger partial charge in [0.2, 0.25) is 0 Å². The van der Waals surface area contributed by atoms with Crippen molar-refractivity contribution in [2.45, 2.75) is 26.3 Å². The van der Waals surface area contributed by atoms with Crippen molar-refractivity contribution >= 4 is 11.9 Å². The predicted molar refractivity (Wildman–Crippen MR) is 71.3 cm³/mol. The van der Waals surface area contributed by atoms with Gasteiger partial charge < -0.3 is 15.6 Å². The first kappa shape index (κ1) is 14.7. The minimum Gasteiger partial charge on any atom is -0.387 e. The molecule has 0 radical (unpaired) electrons. The van der Waals surface area contributed by atoms with Gasteiger partial charge in [-0.15, -0.1) is 0 Å². The predicted octanol–water partition coefficient (Wildman–Crippen LogP) is -0.596. The Balaban J connectivity index is 0.000000200. The molecule has 1 aliphatic rings. The van der Waals surface area contributed by atoms with E-state index in [1.165, 1.54) is 16.8 Å². The zero-order chi connectivity index (χ0) is 14.3. The lowest BCUT2D eigenvalue weighted by molar-refractivity contribution is 0.248. The summed E-state index contributed by atoms with van der Waals surface area (Å²) < 4.78 is 1.47. The molecule has 0 unspecified atom stereocenters. The number of carbonyl (C=O) groups is 1. The highest BCUT2D eigenvalue weighted by Gasteiger charge is 2.05. The van der Waals surface area contributed by atoms with Crippen LogP contribution in [0.5, 0.6) is 0 Å². The van der Waals surface area contributed by atoms with Crippen LogP contribution >= 0.6 is 0 Å². The Morgan fingerprint density at radius 3 is 2.63 bits per heavy atom. The van der Waals surface area contributed by atoms with Gasteiger partial charge >= 0.3 is 11.7 Å². The van der Waals surface area contributed by atoms with Crippen LogP contribution in [0.2, 0.25) is 0 Å². The maximum atomic E-state index is 10.9. The Hall–Kier alpha value is -2.38. The molecular formula is C11H17N5O3. The van der Waals surface area contributed by atoms with Crippen LogP contribution in [-0.4, -0.2) is 28.0 Å². The van der Waals surface area contributed by atoms with E-state index in [1.54, 1.807) is 0 Å². The number of aryl methyl sites for hydroxylation is 1. The standard InChI is InChI=1S/C7H10N2O2.C4H7N3O/c1-2-4-9-5-3-6(10)8-7(9)11;5-3-1-2-6-4(8)7-3/h3,5H,2,4H2,1H3,(H,8,10,11);1-2H2,(H3,5,6,7,8). The minimum atomic E-state index is -0.345. The number of H-pyrrole nitrogens is 1. The highest BCUT2D eigenvalue weighted by Crippen LogP contribution is 1.87. The van der Waals surface area contributed by atoms with E-state index >= 15 is 0 Å². The third-order valence-electron chi connectivity index (χ3n) is 2.26. The van der Waals surface area contributed by atoms with E-state index < -0.39 is 0 Å². The molecule has 2 amide bonds. The van der Waals surface area contributed by atoms with Gasteiger partial charge in [-0.2, -0.15) is 4.99 Å². The second kappa shape index (κ2) is 7.14. The van der Waals surface area contributed by atoms with E-state index in [0.717, 1.165) is 6.42 Å². The summed E-state index contributed by atoms with van der Waals surface area (Å²) in [6.45, 7) is 3.24. The number of amidine groups is 1. The second-order valence-electron chi connectivity index (χ2n) is 3.89. The molecule has 4 N–H and O–H groups in total. The Morgan fingerprint density at radius 1 is 1.42 bits per heavy atom. The minimum absolute atomic E-state index is 0.325. The van der Waals surface area contributed by atoms with Crippen LogP contribution in [0, 0.1) is 0 Å². The fourth-order valence-corrected chi connectivity index (χ4v) is 1.38. The van der Waals surface area contributed by atoms with Crippen molar-refractivity contribution in [2.24, 2.45) is 10.7 Å². The van der Waals surface area contributed by atoms with Gasteiger partial charge in [-0.1, -0.05) is 6.92 Å². The average molecular weight is 267 g/mol. The maximum absolute atomic E-state index is 10.9. The SMILES string of the molecule is CCCn1ccc(=O)[nH]c1=O.NC1=NC(=O)NCC1. The van der Waals surface area contributed by atoms with E-state index in [9.17, 15) is 14.4 Å². The molecule has 0 aliphatic carbocycles. The highest BCUT2D eigenvalue weighted by atomic mass is 16.2. The van der Waals surface area contributed by atoms with E-state index in [0.29, 0.717) is 25.3 Å². The summed E-state index contributed by atoms with van der Waals surface area (Å²) in [6, 6.07) is 1.02. The first-order chi connectivity index (χ1) is 9.02. The number of hydrogen-bond donors (Lipinski definition) is 3. The van der Waals surface area contributed by atoms with E-state index in [4.69, 9.17) is 5.73 Å². The summed E-state index contributed by atoms with van der Waals surface area (Å²) in [4.78, 5) is 37.4. The molecule has 8 heteroatoms. The van der Waals surface area contributed by atoms with Gasteiger partial charge in [-0.3, -0.25) is 9.78 Å². The molecule has 2 heterocycles. The second-order valence-corrected chi connectivity index (χ2v) is 3.89. The topological polar surface area (TPSA) is 122 Å². The normalized spacial score (nSPS) is 13.9. The lowest BCUT2D eigenvalue weighted by Gasteiger charge is -2.06. The summed E-state index contributed by atoms with van der Waals surface area (Å²) in [7, 11) is 0. The van der Waals surface area contributed by atoms with Gasteiger partial charge in [-0.05, 0) is 6.42 Å². The van der Waals surface area contributed by atoms with Crippen LogP contribution in [0.15, 0.2) is 26.8 Å². The van der Waals surface area contributed by atoms with Crippen LogP contribution < -0.4 is 22.3 Å². The van der Waals surface area contributed by atoms with Crippen LogP contribution in [0.3, 0.4) is 0 Å². The van der Waals surface area contributed by atoms with Crippen molar-refractivity contribution < 1.29 is 4.79 Å². The number of aromatic nitrogens is 2. The number of nitrogens with zero attached hydrogens (tertiary/aromatic N) is 2. The van der Waals surface area contributed by atoms with Crippen LogP contribution in [0.1, 0.15) is 19.8 Å². The number of aliphatic imine (C=N–C) groups is 1. The zero-order valence-corrected chi connectivity index (χ0v) is 10.7. The lowest BCUT2D eigenvalue weighted by Crippen LogP contribution is -2.32. The molecule has 1 aliphatic heterocycles. The van der Waals surface area contributed by atoms with Crippen molar-refractivity contribution in [1.82, 2.24) is 14.9 Å². The summed E-state index contributed by atoms with van der Waals surface area (Å²) in [5.41, 5.74) is 4.54. The molecule has 19 heavy (non-hydrogen) atoms. The molecule has 0 saturated carbocycles. The molecule has 8 nitrogen and oxygen atoms in total. The molecule has 1 aromatic heterocycles. The van der Waals surface area contributed by atoms with Crippen molar-refractivity contribution in [1.29, 1.82) is 0 Å². The quantitative estimate of drug-likeness (QED) is 0.662. The van der Waals surface area contributed by atoms with Crippen LogP contribution in [0.4, 0.5) is 4.79 Å². The molecule has 0 atom stereocenters. The third-order valence-corrected chi connectivity index (χ3v) is 2.26. The summed E-state index contributed by atoms with van der Waals surface area (Å²) in [5, 5.41) is 2.51.